The Morgan fingerprint density at radius 3 is 2.70 bits per heavy atom. The highest BCUT2D eigenvalue weighted by atomic mass is 32.1. The maximum atomic E-state index is 11.6. The van der Waals surface area contributed by atoms with Crippen molar-refractivity contribution in [1.29, 1.82) is 0 Å². The molecule has 0 saturated carbocycles. The summed E-state index contributed by atoms with van der Waals surface area (Å²) in [5, 5.41) is 10.8. The lowest BCUT2D eigenvalue weighted by molar-refractivity contribution is 0.415. The number of aromatic nitrogens is 2. The molecule has 0 aliphatic heterocycles. The van der Waals surface area contributed by atoms with Crippen molar-refractivity contribution in [3.05, 3.63) is 52.8 Å². The molecule has 0 amide bonds. The van der Waals surface area contributed by atoms with Gasteiger partial charge >= 0.3 is 0 Å². The molecule has 0 aliphatic rings. The normalized spacial score (nSPS) is 11.2. The standard InChI is InChI=1S/C17H12N2O3S/c1-22-10-4-2-9(3-5-10)12-7-6-11-15-16(23-17(11)18-12)13(20)8-14(21)19-15/h2-8H,1H3,(H2,19,20,21). The molecule has 0 radical (unpaired) electrons. The van der Waals surface area contributed by atoms with E-state index in [1.165, 1.54) is 17.4 Å². The first kappa shape index (κ1) is 13.8. The fourth-order valence-electron chi connectivity index (χ4n) is 2.55. The summed E-state index contributed by atoms with van der Waals surface area (Å²) in [7, 11) is 1.63. The highest BCUT2D eigenvalue weighted by molar-refractivity contribution is 7.25. The summed E-state index contributed by atoms with van der Waals surface area (Å²) in [6.07, 6.45) is 0. The molecule has 23 heavy (non-hydrogen) atoms. The smallest absolute Gasteiger partial charge is 0.252 e. The summed E-state index contributed by atoms with van der Waals surface area (Å²) in [4.78, 5) is 19.7. The van der Waals surface area contributed by atoms with Gasteiger partial charge in [-0.1, -0.05) is 0 Å². The van der Waals surface area contributed by atoms with Crippen LogP contribution in [0, 0.1) is 0 Å². The third-order valence-corrected chi connectivity index (χ3v) is 4.81. The molecular formula is C17H12N2O3S. The first-order chi connectivity index (χ1) is 11.2. The van der Waals surface area contributed by atoms with Crippen molar-refractivity contribution >= 4 is 31.8 Å². The minimum Gasteiger partial charge on any atom is -0.506 e. The first-order valence-electron chi connectivity index (χ1n) is 6.95. The molecule has 1 aromatic carbocycles. The van der Waals surface area contributed by atoms with Crippen LogP contribution >= 0.6 is 11.3 Å². The quantitative estimate of drug-likeness (QED) is 0.591. The van der Waals surface area contributed by atoms with Gasteiger partial charge < -0.3 is 14.8 Å². The Hall–Kier alpha value is -2.86. The van der Waals surface area contributed by atoms with E-state index in [-0.39, 0.29) is 11.3 Å². The molecule has 0 atom stereocenters. The second kappa shape index (κ2) is 5.10. The van der Waals surface area contributed by atoms with E-state index >= 15 is 0 Å². The molecule has 0 aliphatic carbocycles. The van der Waals surface area contributed by atoms with Crippen molar-refractivity contribution in [3.8, 4) is 22.8 Å². The van der Waals surface area contributed by atoms with Crippen LogP contribution in [0.1, 0.15) is 0 Å². The van der Waals surface area contributed by atoms with E-state index in [0.29, 0.717) is 10.2 Å². The Morgan fingerprint density at radius 2 is 1.96 bits per heavy atom. The first-order valence-corrected chi connectivity index (χ1v) is 7.77. The highest BCUT2D eigenvalue weighted by Crippen LogP contribution is 2.36. The average molecular weight is 324 g/mol. The van der Waals surface area contributed by atoms with Gasteiger partial charge in [-0.05, 0) is 36.4 Å². The van der Waals surface area contributed by atoms with E-state index in [9.17, 15) is 9.90 Å². The van der Waals surface area contributed by atoms with E-state index in [4.69, 9.17) is 4.74 Å². The number of hydrogen-bond donors (Lipinski definition) is 2. The zero-order valence-electron chi connectivity index (χ0n) is 12.2. The van der Waals surface area contributed by atoms with Gasteiger partial charge in [-0.15, -0.1) is 11.3 Å². The fourth-order valence-corrected chi connectivity index (χ4v) is 3.60. The van der Waals surface area contributed by atoms with Crippen molar-refractivity contribution in [2.75, 3.05) is 7.11 Å². The number of H-pyrrole nitrogens is 1. The maximum Gasteiger partial charge on any atom is 0.252 e. The van der Waals surface area contributed by atoms with Gasteiger partial charge in [-0.25, -0.2) is 4.98 Å². The van der Waals surface area contributed by atoms with Gasteiger partial charge in [0.15, 0.2) is 0 Å². The maximum absolute atomic E-state index is 11.6. The Balaban J connectivity index is 1.92. The van der Waals surface area contributed by atoms with E-state index in [1.54, 1.807) is 7.11 Å². The molecule has 114 valence electrons. The van der Waals surface area contributed by atoms with Gasteiger partial charge in [-0.3, -0.25) is 4.79 Å². The van der Waals surface area contributed by atoms with Gasteiger partial charge in [0.2, 0.25) is 0 Å². The van der Waals surface area contributed by atoms with Gasteiger partial charge in [0, 0.05) is 17.0 Å². The molecule has 5 nitrogen and oxygen atoms in total. The third-order valence-electron chi connectivity index (χ3n) is 3.69. The number of methoxy groups -OCH3 is 1. The number of ether oxygens (including phenoxy) is 1. The topological polar surface area (TPSA) is 75.2 Å². The lowest BCUT2D eigenvalue weighted by Gasteiger charge is -2.03. The van der Waals surface area contributed by atoms with E-state index in [1.807, 2.05) is 36.4 Å². The number of nitrogens with one attached hydrogen (secondary N) is 1. The largest absolute Gasteiger partial charge is 0.506 e. The van der Waals surface area contributed by atoms with Crippen LogP contribution in [0.3, 0.4) is 0 Å². The van der Waals surface area contributed by atoms with E-state index in [2.05, 4.69) is 9.97 Å². The summed E-state index contributed by atoms with van der Waals surface area (Å²) in [5.74, 6) is 0.775. The second-order valence-corrected chi connectivity index (χ2v) is 6.10. The Labute approximate surface area is 134 Å². The molecule has 0 bridgehead atoms. The molecule has 3 heterocycles. The van der Waals surface area contributed by atoms with Crippen LogP contribution in [0.5, 0.6) is 11.5 Å². The van der Waals surface area contributed by atoms with Gasteiger partial charge in [0.05, 0.1) is 23.0 Å². The predicted octanol–water partition coefficient (Wildman–Crippen LogP) is 3.52. The summed E-state index contributed by atoms with van der Waals surface area (Å²) >= 11 is 1.36. The van der Waals surface area contributed by atoms with Crippen molar-refractivity contribution in [2.24, 2.45) is 0 Å². The number of fused-ring (bicyclic) bond motifs is 3. The summed E-state index contributed by atoms with van der Waals surface area (Å²) in [6, 6.07) is 12.7. The lowest BCUT2D eigenvalue weighted by Crippen LogP contribution is -2.01. The lowest BCUT2D eigenvalue weighted by atomic mass is 10.1. The zero-order chi connectivity index (χ0) is 16.0. The second-order valence-electron chi connectivity index (χ2n) is 5.10. The fraction of sp³-hybridized carbons (Fsp3) is 0.0588. The average Bonchev–Trinajstić information content (AvgIpc) is 2.93. The summed E-state index contributed by atoms with van der Waals surface area (Å²) in [6.45, 7) is 0. The molecule has 0 unspecified atom stereocenters. The van der Waals surface area contributed by atoms with Crippen LogP contribution in [0.2, 0.25) is 0 Å². The van der Waals surface area contributed by atoms with Crippen LogP contribution < -0.4 is 10.3 Å². The van der Waals surface area contributed by atoms with Crippen LogP contribution in [0.25, 0.3) is 31.7 Å². The Morgan fingerprint density at radius 1 is 1.17 bits per heavy atom. The third kappa shape index (κ3) is 2.24. The van der Waals surface area contributed by atoms with Crippen LogP contribution in [-0.4, -0.2) is 22.2 Å². The molecule has 4 aromatic rings. The molecule has 4 rings (SSSR count). The van der Waals surface area contributed by atoms with Crippen molar-refractivity contribution in [1.82, 2.24) is 9.97 Å². The summed E-state index contributed by atoms with van der Waals surface area (Å²) < 4.78 is 5.80. The van der Waals surface area contributed by atoms with Gasteiger partial charge in [-0.2, -0.15) is 0 Å². The molecule has 0 spiro atoms. The zero-order valence-corrected chi connectivity index (χ0v) is 13.0. The highest BCUT2D eigenvalue weighted by Gasteiger charge is 2.12. The number of aromatic hydroxyl groups is 1. The van der Waals surface area contributed by atoms with Crippen LogP contribution in [0.4, 0.5) is 0 Å². The number of rotatable bonds is 2. The van der Waals surface area contributed by atoms with Gasteiger partial charge in [0.25, 0.3) is 5.56 Å². The predicted molar refractivity (Wildman–Crippen MR) is 91.4 cm³/mol. The van der Waals surface area contributed by atoms with Crippen molar-refractivity contribution in [2.45, 2.75) is 0 Å². The number of nitrogens with zero attached hydrogens (tertiary/aromatic N) is 1. The van der Waals surface area contributed by atoms with Crippen LogP contribution in [-0.2, 0) is 0 Å². The monoisotopic (exact) mass is 324 g/mol. The molecular weight excluding hydrogens is 312 g/mol. The molecule has 2 N–H and O–H groups in total. The minimum atomic E-state index is -0.325. The number of pyridine rings is 2. The number of hydrogen-bond acceptors (Lipinski definition) is 5. The molecule has 6 heteroatoms. The van der Waals surface area contributed by atoms with Crippen molar-refractivity contribution < 1.29 is 9.84 Å². The SMILES string of the molecule is COc1ccc(-c2ccc3c(n2)sc2c(O)cc(=O)[nH]c23)cc1. The van der Waals surface area contributed by atoms with E-state index < -0.39 is 0 Å². The van der Waals surface area contributed by atoms with Crippen molar-refractivity contribution in [3.63, 3.8) is 0 Å². The van der Waals surface area contributed by atoms with Gasteiger partial charge in [0.1, 0.15) is 16.3 Å². The Bertz CT molecular complexity index is 1080. The molecule has 0 saturated heterocycles. The number of aromatic amines is 1. The Kier molecular flexibility index (Phi) is 3.06. The number of thiophene rings is 1. The number of benzene rings is 1. The van der Waals surface area contributed by atoms with Crippen LogP contribution in [0.15, 0.2) is 47.3 Å². The minimum absolute atomic E-state index is 0.0160. The molecule has 0 fully saturated rings. The van der Waals surface area contributed by atoms with E-state index in [0.717, 1.165) is 27.2 Å². The molecule has 3 aromatic heterocycles. The summed E-state index contributed by atoms with van der Waals surface area (Å²) in [5.41, 5.74) is 2.11.